The highest BCUT2D eigenvalue weighted by atomic mass is 16.2. The van der Waals surface area contributed by atoms with Gasteiger partial charge in [-0.2, -0.15) is 0 Å². The number of Topliss-reactive ketones (excluding diaryl/α,β-unsaturated/α-hetero) is 1. The average molecular weight is 353 g/mol. The largest absolute Gasteiger partial charge is 0.358 e. The van der Waals surface area contributed by atoms with Crippen molar-refractivity contribution in [2.24, 2.45) is 5.92 Å². The molecule has 0 radical (unpaired) electrons. The molecule has 136 valence electrons. The summed E-state index contributed by atoms with van der Waals surface area (Å²) in [4.78, 5) is 42.8. The Labute approximate surface area is 151 Å². The van der Waals surface area contributed by atoms with Crippen LogP contribution < -0.4 is 5.32 Å². The van der Waals surface area contributed by atoms with Crippen LogP contribution in [0.25, 0.3) is 10.9 Å². The summed E-state index contributed by atoms with van der Waals surface area (Å²) in [5.74, 6) is -0.382. The number of hydrogen-bond acceptors (Lipinski definition) is 3. The van der Waals surface area contributed by atoms with Crippen LogP contribution in [0.1, 0.15) is 48.7 Å². The molecule has 1 aromatic carbocycles. The van der Waals surface area contributed by atoms with Crippen molar-refractivity contribution in [3.8, 4) is 0 Å². The normalized spacial score (nSPS) is 25.9. The first-order chi connectivity index (χ1) is 12.4. The number of aromatic nitrogens is 1. The van der Waals surface area contributed by atoms with E-state index < -0.39 is 11.6 Å². The van der Waals surface area contributed by atoms with Crippen molar-refractivity contribution in [2.75, 3.05) is 6.54 Å². The Morgan fingerprint density at radius 2 is 2.04 bits per heavy atom. The van der Waals surface area contributed by atoms with E-state index in [1.165, 1.54) is 0 Å². The van der Waals surface area contributed by atoms with Crippen molar-refractivity contribution in [3.05, 3.63) is 35.5 Å². The summed E-state index contributed by atoms with van der Waals surface area (Å²) in [6, 6.07) is 7.11. The van der Waals surface area contributed by atoms with Gasteiger partial charge in [-0.25, -0.2) is 4.79 Å². The summed E-state index contributed by atoms with van der Waals surface area (Å²) < 4.78 is 0. The lowest BCUT2D eigenvalue weighted by Gasteiger charge is -2.36. The number of aromatic amines is 1. The van der Waals surface area contributed by atoms with E-state index in [0.29, 0.717) is 12.0 Å². The molecule has 2 fully saturated rings. The van der Waals surface area contributed by atoms with E-state index in [4.69, 9.17) is 0 Å². The smallest absolute Gasteiger partial charge is 0.325 e. The number of urea groups is 1. The van der Waals surface area contributed by atoms with Crippen LogP contribution in [0, 0.1) is 12.8 Å². The molecule has 26 heavy (non-hydrogen) atoms. The number of carbonyl (C=O) groups excluding carboxylic acids is 3. The average Bonchev–Trinajstić information content (AvgIpc) is 3.07. The Hall–Kier alpha value is -2.63. The molecule has 4 rings (SSSR count). The van der Waals surface area contributed by atoms with Gasteiger partial charge in [0.1, 0.15) is 5.54 Å². The maximum absolute atomic E-state index is 13.0. The van der Waals surface area contributed by atoms with Crippen molar-refractivity contribution < 1.29 is 14.4 Å². The number of para-hydroxylation sites is 1. The molecule has 1 saturated carbocycles. The van der Waals surface area contributed by atoms with Crippen LogP contribution >= 0.6 is 0 Å². The molecule has 1 spiro atoms. The highest BCUT2D eigenvalue weighted by Gasteiger charge is 2.55. The third kappa shape index (κ3) is 2.35. The zero-order valence-corrected chi connectivity index (χ0v) is 15.1. The lowest BCUT2D eigenvalue weighted by Crippen LogP contribution is -2.54. The maximum atomic E-state index is 13.0. The van der Waals surface area contributed by atoms with Gasteiger partial charge in [0.05, 0.1) is 6.54 Å². The van der Waals surface area contributed by atoms with Crippen LogP contribution in [0.2, 0.25) is 0 Å². The second kappa shape index (κ2) is 5.97. The fourth-order valence-electron chi connectivity index (χ4n) is 4.50. The number of benzene rings is 1. The van der Waals surface area contributed by atoms with E-state index in [1.54, 1.807) is 0 Å². The summed E-state index contributed by atoms with van der Waals surface area (Å²) in [5.41, 5.74) is 1.36. The standard InChI is InChI=1S/C20H23N3O3/c1-12-7-5-6-10-20(12)18(25)23(19(26)22-20)11-16(24)17-13(2)21-15-9-4-3-8-14(15)17/h3-4,8-9,12,21H,5-7,10-11H2,1-2H3,(H,22,26). The lowest BCUT2D eigenvalue weighted by molar-refractivity contribution is -0.133. The molecular weight excluding hydrogens is 330 g/mol. The minimum Gasteiger partial charge on any atom is -0.358 e. The number of hydrogen-bond donors (Lipinski definition) is 2. The molecule has 2 atom stereocenters. The summed E-state index contributed by atoms with van der Waals surface area (Å²) >= 11 is 0. The Balaban J connectivity index is 1.62. The summed E-state index contributed by atoms with van der Waals surface area (Å²) in [6.45, 7) is 3.62. The van der Waals surface area contributed by atoms with Crippen LogP contribution in [0.4, 0.5) is 4.79 Å². The van der Waals surface area contributed by atoms with Crippen molar-refractivity contribution in [2.45, 2.75) is 45.1 Å². The first-order valence-corrected chi connectivity index (χ1v) is 9.18. The number of amides is 3. The first-order valence-electron chi connectivity index (χ1n) is 9.18. The number of carbonyl (C=O) groups is 3. The quantitative estimate of drug-likeness (QED) is 0.657. The fourth-order valence-corrected chi connectivity index (χ4v) is 4.50. The predicted octanol–water partition coefficient (Wildman–Crippen LogP) is 3.16. The van der Waals surface area contributed by atoms with Gasteiger partial charge in [-0.15, -0.1) is 0 Å². The second-order valence-corrected chi connectivity index (χ2v) is 7.53. The summed E-state index contributed by atoms with van der Waals surface area (Å²) in [6.07, 6.45) is 3.55. The second-order valence-electron chi connectivity index (χ2n) is 7.53. The van der Waals surface area contributed by atoms with Crippen LogP contribution in [0.3, 0.4) is 0 Å². The van der Waals surface area contributed by atoms with Gasteiger partial charge in [0.15, 0.2) is 5.78 Å². The minimum absolute atomic E-state index is 0.0858. The SMILES string of the molecule is Cc1[nH]c2ccccc2c1C(=O)CN1C(=O)NC2(CCCCC2C)C1=O. The van der Waals surface area contributed by atoms with Gasteiger partial charge in [-0.1, -0.05) is 38.0 Å². The molecular formula is C20H23N3O3. The fraction of sp³-hybridized carbons (Fsp3) is 0.450. The lowest BCUT2D eigenvalue weighted by atomic mass is 9.73. The number of aryl methyl sites for hydroxylation is 1. The molecule has 3 amide bonds. The molecule has 1 saturated heterocycles. The third-order valence-electron chi connectivity index (χ3n) is 5.98. The van der Waals surface area contributed by atoms with E-state index in [1.807, 2.05) is 38.1 Å². The van der Waals surface area contributed by atoms with E-state index >= 15 is 0 Å². The molecule has 6 heteroatoms. The van der Waals surface area contributed by atoms with Gasteiger partial charge in [0.25, 0.3) is 5.91 Å². The number of nitrogens with one attached hydrogen (secondary N) is 2. The van der Waals surface area contributed by atoms with Gasteiger partial charge in [-0.05, 0) is 31.7 Å². The topological polar surface area (TPSA) is 82.3 Å². The maximum Gasteiger partial charge on any atom is 0.325 e. The van der Waals surface area contributed by atoms with Crippen molar-refractivity contribution in [1.29, 1.82) is 0 Å². The molecule has 1 aromatic heterocycles. The highest BCUT2D eigenvalue weighted by Crippen LogP contribution is 2.38. The molecule has 1 aliphatic heterocycles. The third-order valence-corrected chi connectivity index (χ3v) is 5.98. The van der Waals surface area contributed by atoms with Crippen LogP contribution in [-0.2, 0) is 4.79 Å². The van der Waals surface area contributed by atoms with Gasteiger partial charge in [0.2, 0.25) is 0 Å². The van der Waals surface area contributed by atoms with Crippen LogP contribution in [-0.4, -0.2) is 39.7 Å². The zero-order valence-electron chi connectivity index (χ0n) is 15.1. The number of H-pyrrole nitrogens is 1. The minimum atomic E-state index is -0.828. The Morgan fingerprint density at radius 1 is 1.27 bits per heavy atom. The number of fused-ring (bicyclic) bond motifs is 1. The summed E-state index contributed by atoms with van der Waals surface area (Å²) in [7, 11) is 0. The molecule has 2 heterocycles. The molecule has 2 aliphatic rings. The molecule has 2 unspecified atom stereocenters. The summed E-state index contributed by atoms with van der Waals surface area (Å²) in [5, 5.41) is 3.72. The van der Waals surface area contributed by atoms with Gasteiger partial charge < -0.3 is 10.3 Å². The monoisotopic (exact) mass is 353 g/mol. The predicted molar refractivity (Wildman–Crippen MR) is 98.0 cm³/mol. The molecule has 2 N–H and O–H groups in total. The first kappa shape index (κ1) is 16.8. The van der Waals surface area contributed by atoms with E-state index in [9.17, 15) is 14.4 Å². The number of rotatable bonds is 3. The van der Waals surface area contributed by atoms with Crippen molar-refractivity contribution in [1.82, 2.24) is 15.2 Å². The Kier molecular flexibility index (Phi) is 3.86. The Bertz CT molecular complexity index is 916. The van der Waals surface area contributed by atoms with E-state index in [2.05, 4.69) is 10.3 Å². The van der Waals surface area contributed by atoms with Crippen molar-refractivity contribution >= 4 is 28.6 Å². The van der Waals surface area contributed by atoms with E-state index in [-0.39, 0.29) is 24.2 Å². The van der Waals surface area contributed by atoms with Crippen LogP contribution in [0.15, 0.2) is 24.3 Å². The zero-order chi connectivity index (χ0) is 18.5. The Morgan fingerprint density at radius 3 is 2.81 bits per heavy atom. The van der Waals surface area contributed by atoms with Crippen LogP contribution in [0.5, 0.6) is 0 Å². The van der Waals surface area contributed by atoms with Crippen molar-refractivity contribution in [3.63, 3.8) is 0 Å². The van der Waals surface area contributed by atoms with Gasteiger partial charge in [0, 0.05) is 22.2 Å². The van der Waals surface area contributed by atoms with E-state index in [0.717, 1.165) is 40.8 Å². The molecule has 0 bridgehead atoms. The highest BCUT2D eigenvalue weighted by molar-refractivity contribution is 6.15. The molecule has 6 nitrogen and oxygen atoms in total. The number of ketones is 1. The number of imide groups is 1. The number of nitrogens with zero attached hydrogens (tertiary/aromatic N) is 1. The van der Waals surface area contributed by atoms with Gasteiger partial charge in [-0.3, -0.25) is 14.5 Å². The van der Waals surface area contributed by atoms with Gasteiger partial charge >= 0.3 is 6.03 Å². The molecule has 1 aliphatic carbocycles. The molecule has 2 aromatic rings.